The fourth-order valence-corrected chi connectivity index (χ4v) is 2.55. The SMILES string of the molecule is Cc1nc(N)sc1NNc1cc(Cl)c([N+](=O)[O-])cc1Cl. The van der Waals surface area contributed by atoms with Crippen LogP contribution in [0, 0.1) is 17.0 Å². The van der Waals surface area contributed by atoms with Crippen LogP contribution in [0.5, 0.6) is 0 Å². The molecule has 0 unspecified atom stereocenters. The maximum Gasteiger partial charge on any atom is 0.289 e. The van der Waals surface area contributed by atoms with Gasteiger partial charge in [0.1, 0.15) is 10.0 Å². The summed E-state index contributed by atoms with van der Waals surface area (Å²) in [5, 5.41) is 12.0. The number of nitro groups is 1. The lowest BCUT2D eigenvalue weighted by atomic mass is 10.3. The van der Waals surface area contributed by atoms with Crippen LogP contribution < -0.4 is 16.6 Å². The van der Waals surface area contributed by atoms with Gasteiger partial charge in [-0.05, 0) is 13.0 Å². The zero-order chi connectivity index (χ0) is 14.9. The van der Waals surface area contributed by atoms with Gasteiger partial charge in [-0.25, -0.2) is 4.98 Å². The highest BCUT2D eigenvalue weighted by molar-refractivity contribution is 7.19. The summed E-state index contributed by atoms with van der Waals surface area (Å²) in [5.41, 5.74) is 12.2. The lowest BCUT2D eigenvalue weighted by molar-refractivity contribution is -0.384. The molecule has 0 aliphatic heterocycles. The molecule has 1 aromatic carbocycles. The van der Waals surface area contributed by atoms with Crippen LogP contribution in [0.2, 0.25) is 10.0 Å². The van der Waals surface area contributed by atoms with E-state index >= 15 is 0 Å². The molecule has 0 aliphatic carbocycles. The molecule has 0 bridgehead atoms. The van der Waals surface area contributed by atoms with Crippen molar-refractivity contribution in [2.24, 2.45) is 0 Å². The van der Waals surface area contributed by atoms with E-state index in [1.807, 2.05) is 0 Å². The number of rotatable bonds is 4. The Morgan fingerprint density at radius 1 is 1.35 bits per heavy atom. The van der Waals surface area contributed by atoms with Crippen molar-refractivity contribution in [3.05, 3.63) is 38.0 Å². The van der Waals surface area contributed by atoms with E-state index in [9.17, 15) is 10.1 Å². The molecule has 1 aromatic heterocycles. The first kappa shape index (κ1) is 14.6. The molecule has 0 saturated heterocycles. The van der Waals surface area contributed by atoms with E-state index < -0.39 is 4.92 Å². The Labute approximate surface area is 127 Å². The second-order valence-electron chi connectivity index (χ2n) is 3.76. The topological polar surface area (TPSA) is 106 Å². The normalized spacial score (nSPS) is 10.3. The van der Waals surface area contributed by atoms with Crippen LogP contribution in [-0.2, 0) is 0 Å². The van der Waals surface area contributed by atoms with Crippen molar-refractivity contribution >= 4 is 56.0 Å². The summed E-state index contributed by atoms with van der Waals surface area (Å²) < 4.78 is 0. The number of halogens is 2. The molecule has 7 nitrogen and oxygen atoms in total. The van der Waals surface area contributed by atoms with Crippen LogP contribution in [0.3, 0.4) is 0 Å². The van der Waals surface area contributed by atoms with Gasteiger partial charge in [-0.3, -0.25) is 21.0 Å². The highest BCUT2D eigenvalue weighted by atomic mass is 35.5. The zero-order valence-electron chi connectivity index (χ0n) is 10.1. The fourth-order valence-electron chi connectivity index (χ4n) is 1.43. The highest BCUT2D eigenvalue weighted by Gasteiger charge is 2.16. The molecule has 106 valence electrons. The largest absolute Gasteiger partial charge is 0.375 e. The van der Waals surface area contributed by atoms with Gasteiger partial charge in [0.2, 0.25) is 0 Å². The maximum atomic E-state index is 10.7. The van der Waals surface area contributed by atoms with Gasteiger partial charge in [-0.15, -0.1) is 0 Å². The number of thiazole rings is 1. The van der Waals surface area contributed by atoms with Crippen LogP contribution in [0.1, 0.15) is 5.69 Å². The first-order valence-corrected chi connectivity index (χ1v) is 6.84. The summed E-state index contributed by atoms with van der Waals surface area (Å²) in [5.74, 6) is 0. The van der Waals surface area contributed by atoms with E-state index in [1.54, 1.807) is 6.92 Å². The van der Waals surface area contributed by atoms with E-state index in [-0.39, 0.29) is 15.7 Å². The number of nitro benzene ring substituents is 1. The van der Waals surface area contributed by atoms with E-state index in [2.05, 4.69) is 15.8 Å². The number of nitrogens with two attached hydrogens (primary N) is 1. The minimum atomic E-state index is -0.598. The van der Waals surface area contributed by atoms with Gasteiger partial charge >= 0.3 is 0 Å². The number of nitrogens with one attached hydrogen (secondary N) is 2. The number of aromatic nitrogens is 1. The summed E-state index contributed by atoms with van der Waals surface area (Å²) in [6, 6.07) is 2.55. The summed E-state index contributed by atoms with van der Waals surface area (Å²) >= 11 is 13.0. The molecule has 1 heterocycles. The molecule has 0 aliphatic rings. The molecule has 0 spiro atoms. The third-order valence-corrected chi connectivity index (χ3v) is 3.87. The predicted molar refractivity (Wildman–Crippen MR) is 81.6 cm³/mol. The van der Waals surface area contributed by atoms with Gasteiger partial charge in [-0.2, -0.15) is 0 Å². The minimum Gasteiger partial charge on any atom is -0.375 e. The van der Waals surface area contributed by atoms with Gasteiger partial charge in [0, 0.05) is 6.07 Å². The van der Waals surface area contributed by atoms with Gasteiger partial charge < -0.3 is 5.73 Å². The fraction of sp³-hybridized carbons (Fsp3) is 0.100. The molecule has 4 N–H and O–H groups in total. The molecule has 10 heteroatoms. The van der Waals surface area contributed by atoms with Crippen molar-refractivity contribution in [1.82, 2.24) is 4.98 Å². The van der Waals surface area contributed by atoms with E-state index in [0.29, 0.717) is 15.8 Å². The standard InChI is InChI=1S/C10H9Cl2N5O2S/c1-4-9(20-10(13)14-4)16-15-7-2-6(12)8(17(18)19)3-5(7)11/h2-3,15-16H,1H3,(H2,13,14). The molecule has 2 rings (SSSR count). The third kappa shape index (κ3) is 3.03. The first-order valence-electron chi connectivity index (χ1n) is 5.27. The molecule has 0 amide bonds. The Morgan fingerprint density at radius 2 is 2.05 bits per heavy atom. The summed E-state index contributed by atoms with van der Waals surface area (Å²) in [7, 11) is 0. The molecule has 0 fully saturated rings. The molecular weight excluding hydrogens is 325 g/mol. The summed E-state index contributed by atoms with van der Waals surface area (Å²) in [4.78, 5) is 14.2. The minimum absolute atomic E-state index is 0.00996. The van der Waals surface area contributed by atoms with Crippen molar-refractivity contribution in [2.75, 3.05) is 16.6 Å². The second-order valence-corrected chi connectivity index (χ2v) is 5.60. The second kappa shape index (κ2) is 5.70. The van der Waals surface area contributed by atoms with Gasteiger partial charge in [-0.1, -0.05) is 34.5 Å². The predicted octanol–water partition coefficient (Wildman–Crippen LogP) is 3.69. The van der Waals surface area contributed by atoms with Gasteiger partial charge in [0.25, 0.3) is 5.69 Å². The smallest absolute Gasteiger partial charge is 0.289 e. The van der Waals surface area contributed by atoms with Crippen molar-refractivity contribution in [1.29, 1.82) is 0 Å². The highest BCUT2D eigenvalue weighted by Crippen LogP contribution is 2.34. The first-order chi connectivity index (χ1) is 9.38. The lowest BCUT2D eigenvalue weighted by Gasteiger charge is -2.10. The van der Waals surface area contributed by atoms with Crippen LogP contribution in [0.4, 0.5) is 21.5 Å². The molecular formula is C10H9Cl2N5O2S. The Balaban J connectivity index is 2.20. The third-order valence-electron chi connectivity index (χ3n) is 2.36. The number of aryl methyl sites for hydroxylation is 1. The average Bonchev–Trinajstić information content (AvgIpc) is 2.68. The quantitative estimate of drug-likeness (QED) is 0.582. The van der Waals surface area contributed by atoms with Crippen molar-refractivity contribution in [3.63, 3.8) is 0 Å². The van der Waals surface area contributed by atoms with E-state index in [0.717, 1.165) is 5.69 Å². The van der Waals surface area contributed by atoms with Crippen molar-refractivity contribution in [3.8, 4) is 0 Å². The van der Waals surface area contributed by atoms with Crippen LogP contribution in [-0.4, -0.2) is 9.91 Å². The average molecular weight is 334 g/mol. The Kier molecular flexibility index (Phi) is 4.17. The number of hydrogen-bond acceptors (Lipinski definition) is 7. The number of nitrogens with zero attached hydrogens (tertiary/aromatic N) is 2. The number of hydrazine groups is 1. The monoisotopic (exact) mass is 333 g/mol. The number of hydrogen-bond donors (Lipinski definition) is 3. The van der Waals surface area contributed by atoms with E-state index in [4.69, 9.17) is 28.9 Å². The van der Waals surface area contributed by atoms with E-state index in [1.165, 1.54) is 23.5 Å². The molecule has 0 radical (unpaired) electrons. The summed E-state index contributed by atoms with van der Waals surface area (Å²) in [6.45, 7) is 1.79. The lowest BCUT2D eigenvalue weighted by Crippen LogP contribution is -2.09. The number of benzene rings is 1. The van der Waals surface area contributed by atoms with Crippen molar-refractivity contribution in [2.45, 2.75) is 6.92 Å². The molecule has 0 saturated carbocycles. The van der Waals surface area contributed by atoms with Gasteiger partial charge in [0.15, 0.2) is 5.13 Å². The Hall–Kier alpha value is -1.77. The summed E-state index contributed by atoms with van der Waals surface area (Å²) in [6.07, 6.45) is 0. The molecule has 0 atom stereocenters. The van der Waals surface area contributed by atoms with Crippen LogP contribution in [0.25, 0.3) is 0 Å². The number of anilines is 3. The van der Waals surface area contributed by atoms with Crippen LogP contribution in [0.15, 0.2) is 12.1 Å². The molecule has 2 aromatic rings. The zero-order valence-corrected chi connectivity index (χ0v) is 12.4. The van der Waals surface area contributed by atoms with Crippen LogP contribution >= 0.6 is 34.5 Å². The number of nitrogen functional groups attached to an aromatic ring is 1. The van der Waals surface area contributed by atoms with Crippen molar-refractivity contribution < 1.29 is 4.92 Å². The molecule has 20 heavy (non-hydrogen) atoms. The van der Waals surface area contributed by atoms with Gasteiger partial charge in [0.05, 0.1) is 21.3 Å². The maximum absolute atomic E-state index is 10.7. The Bertz CT molecular complexity index is 676. The Morgan fingerprint density at radius 3 is 2.60 bits per heavy atom.